The zero-order valence-corrected chi connectivity index (χ0v) is 55.9. The normalized spacial score (nSPS) is 12.8. The van der Waals surface area contributed by atoms with Crippen LogP contribution >= 0.6 is 0 Å². The molecule has 0 aromatic rings. The van der Waals surface area contributed by atoms with Crippen LogP contribution in [0.15, 0.2) is 48.6 Å². The summed E-state index contributed by atoms with van der Waals surface area (Å²) in [6.07, 6.45) is 95.0. The van der Waals surface area contributed by atoms with E-state index in [1.807, 2.05) is 6.08 Å². The van der Waals surface area contributed by atoms with Crippen molar-refractivity contribution in [2.45, 2.75) is 418 Å². The first-order valence-corrected chi connectivity index (χ1v) is 37.4. The molecule has 2 unspecified atom stereocenters. The molecule has 0 aliphatic rings. The highest BCUT2D eigenvalue weighted by atomic mass is 16.5. The molecule has 0 saturated carbocycles. The molecule has 0 fully saturated rings. The molecule has 0 bridgehead atoms. The second-order valence-electron chi connectivity index (χ2n) is 25.6. The Morgan fingerprint density at radius 2 is 0.602 bits per heavy atom. The first-order chi connectivity index (χ1) is 41.0. The van der Waals surface area contributed by atoms with Gasteiger partial charge >= 0.3 is 5.97 Å². The van der Waals surface area contributed by atoms with Crippen molar-refractivity contribution in [2.75, 3.05) is 13.2 Å². The average molecular weight is 1170 g/mol. The lowest BCUT2D eigenvalue weighted by molar-refractivity contribution is -0.143. The molecule has 6 nitrogen and oxygen atoms in total. The van der Waals surface area contributed by atoms with Gasteiger partial charge in [-0.25, -0.2) is 0 Å². The second kappa shape index (κ2) is 72.3. The number of ether oxygens (including phenoxy) is 1. The lowest BCUT2D eigenvalue weighted by atomic mass is 10.0. The molecule has 6 heteroatoms. The van der Waals surface area contributed by atoms with Crippen LogP contribution < -0.4 is 5.32 Å². The van der Waals surface area contributed by atoms with Gasteiger partial charge < -0.3 is 20.3 Å². The van der Waals surface area contributed by atoms with Gasteiger partial charge in [-0.05, 0) is 89.9 Å². The Labute approximate surface area is 518 Å². The Bertz CT molecular complexity index is 1390. The zero-order valence-electron chi connectivity index (χ0n) is 55.9. The van der Waals surface area contributed by atoms with E-state index in [0.717, 1.165) is 51.4 Å². The number of allylic oxidation sites excluding steroid dienone is 7. The lowest BCUT2D eigenvalue weighted by Crippen LogP contribution is -2.45. The predicted molar refractivity (Wildman–Crippen MR) is 366 cm³/mol. The van der Waals surface area contributed by atoms with E-state index in [1.165, 1.54) is 327 Å². The van der Waals surface area contributed by atoms with Gasteiger partial charge in [0.05, 0.1) is 25.4 Å². The summed E-state index contributed by atoms with van der Waals surface area (Å²) in [5.41, 5.74) is 0. The zero-order chi connectivity index (χ0) is 59.9. The van der Waals surface area contributed by atoms with Crippen LogP contribution in [0.1, 0.15) is 406 Å². The van der Waals surface area contributed by atoms with Crippen molar-refractivity contribution in [2.24, 2.45) is 0 Å². The van der Waals surface area contributed by atoms with Crippen molar-refractivity contribution in [3.8, 4) is 0 Å². The fourth-order valence-corrected chi connectivity index (χ4v) is 11.6. The van der Waals surface area contributed by atoms with Crippen molar-refractivity contribution in [1.29, 1.82) is 0 Å². The maximum Gasteiger partial charge on any atom is 0.305 e. The molecule has 2 atom stereocenters. The molecule has 488 valence electrons. The SMILES string of the molecule is CCCCCC/C=C\CCCCCCCC(=O)OCCCCCCCCCCC/C=C\C/C=C\CCCCCCCCCCCCCCCCCCCC(=O)NC(CO)C(O)/C=C/CCCCCCCCCCCCCCCCCCCC. The number of carbonyl (C=O) groups excluding carboxylic acids is 2. The van der Waals surface area contributed by atoms with Crippen LogP contribution in [0.4, 0.5) is 0 Å². The number of aliphatic hydroxyl groups excluding tert-OH is 2. The summed E-state index contributed by atoms with van der Waals surface area (Å²) in [6, 6.07) is -0.628. The number of esters is 1. The van der Waals surface area contributed by atoms with Gasteiger partial charge in [0.2, 0.25) is 5.91 Å². The standard InChI is InChI=1S/C77H145NO5/c1-3-5-7-9-11-13-15-17-18-19-20-36-39-42-46-49-53-57-61-65-69-75(80)74(73-79)78-76(81)70-66-62-58-54-50-47-43-40-37-34-32-30-28-26-24-22-21-23-25-27-29-31-33-35-38-41-44-48-52-56-60-64-68-72-83-77(82)71-67-63-59-55-51-45-16-14-12-10-8-6-4-2/h14,16,25,27,31,33,65,69,74-75,79-80H,3-13,15,17-24,26,28-30,32,34-64,66-68,70-73H2,1-2H3,(H,78,81)/b16-14-,27-25-,33-31-,69-65+. The van der Waals surface area contributed by atoms with Gasteiger partial charge in [-0.15, -0.1) is 0 Å². The maximum absolute atomic E-state index is 12.5. The van der Waals surface area contributed by atoms with Gasteiger partial charge in [-0.3, -0.25) is 9.59 Å². The van der Waals surface area contributed by atoms with E-state index in [1.54, 1.807) is 6.08 Å². The molecule has 0 heterocycles. The number of nitrogens with one attached hydrogen (secondary N) is 1. The number of hydrogen-bond acceptors (Lipinski definition) is 5. The summed E-state index contributed by atoms with van der Waals surface area (Å²) in [4.78, 5) is 24.6. The minimum Gasteiger partial charge on any atom is -0.466 e. The Morgan fingerprint density at radius 1 is 0.337 bits per heavy atom. The Morgan fingerprint density at radius 3 is 0.940 bits per heavy atom. The number of amides is 1. The van der Waals surface area contributed by atoms with Crippen LogP contribution in [0.5, 0.6) is 0 Å². The summed E-state index contributed by atoms with van der Waals surface area (Å²) in [6.45, 7) is 4.92. The lowest BCUT2D eigenvalue weighted by Gasteiger charge is -2.20. The Hall–Kier alpha value is -2.18. The summed E-state index contributed by atoms with van der Waals surface area (Å²) in [5, 5.41) is 23.3. The van der Waals surface area contributed by atoms with Gasteiger partial charge in [-0.2, -0.15) is 0 Å². The highest BCUT2D eigenvalue weighted by Crippen LogP contribution is 2.19. The third kappa shape index (κ3) is 68.8. The van der Waals surface area contributed by atoms with E-state index < -0.39 is 12.1 Å². The number of unbranched alkanes of at least 4 members (excludes halogenated alkanes) is 53. The fourth-order valence-electron chi connectivity index (χ4n) is 11.6. The van der Waals surface area contributed by atoms with Crippen LogP contribution in [0.2, 0.25) is 0 Å². The minimum atomic E-state index is -0.845. The minimum absolute atomic E-state index is 0.00485. The molecule has 0 saturated heterocycles. The van der Waals surface area contributed by atoms with E-state index in [-0.39, 0.29) is 18.5 Å². The topological polar surface area (TPSA) is 95.9 Å². The van der Waals surface area contributed by atoms with E-state index in [0.29, 0.717) is 19.4 Å². The van der Waals surface area contributed by atoms with Crippen molar-refractivity contribution in [3.05, 3.63) is 48.6 Å². The molecule has 1 amide bonds. The fraction of sp³-hybridized carbons (Fsp3) is 0.870. The van der Waals surface area contributed by atoms with Crippen LogP contribution in [-0.4, -0.2) is 47.4 Å². The molecule has 0 aromatic heterocycles. The average Bonchev–Trinajstić information content (AvgIpc) is 3.49. The van der Waals surface area contributed by atoms with E-state index >= 15 is 0 Å². The number of aliphatic hydroxyl groups is 2. The van der Waals surface area contributed by atoms with Crippen LogP contribution in [0.25, 0.3) is 0 Å². The van der Waals surface area contributed by atoms with Crippen LogP contribution in [0, 0.1) is 0 Å². The maximum atomic E-state index is 12.5. The molecule has 0 aliphatic carbocycles. The first kappa shape index (κ1) is 80.8. The Kier molecular flexibility index (Phi) is 70.4. The summed E-state index contributed by atoms with van der Waals surface area (Å²) >= 11 is 0. The number of rotatable bonds is 70. The van der Waals surface area contributed by atoms with E-state index in [2.05, 4.69) is 55.6 Å². The molecule has 0 spiro atoms. The van der Waals surface area contributed by atoms with Gasteiger partial charge in [0.25, 0.3) is 0 Å². The van der Waals surface area contributed by atoms with Gasteiger partial charge in [0.15, 0.2) is 0 Å². The number of hydrogen-bond donors (Lipinski definition) is 3. The molecule has 0 radical (unpaired) electrons. The summed E-state index contributed by atoms with van der Waals surface area (Å²) in [7, 11) is 0. The molecule has 3 N–H and O–H groups in total. The third-order valence-electron chi connectivity index (χ3n) is 17.3. The molecular weight excluding hydrogens is 1020 g/mol. The molecular formula is C77H145NO5. The Balaban J connectivity index is 3.41. The van der Waals surface area contributed by atoms with Crippen LogP contribution in [0.3, 0.4) is 0 Å². The van der Waals surface area contributed by atoms with Gasteiger partial charge in [0, 0.05) is 12.8 Å². The third-order valence-corrected chi connectivity index (χ3v) is 17.3. The summed E-state index contributed by atoms with van der Waals surface area (Å²) in [5.74, 6) is -0.0577. The quantitative estimate of drug-likeness (QED) is 0.0320. The number of carbonyl (C=O) groups is 2. The van der Waals surface area contributed by atoms with Crippen molar-refractivity contribution < 1.29 is 24.5 Å². The smallest absolute Gasteiger partial charge is 0.305 e. The molecule has 0 aliphatic heterocycles. The highest BCUT2D eigenvalue weighted by molar-refractivity contribution is 5.76. The van der Waals surface area contributed by atoms with Gasteiger partial charge in [0.1, 0.15) is 0 Å². The first-order valence-electron chi connectivity index (χ1n) is 37.4. The monoisotopic (exact) mass is 1160 g/mol. The van der Waals surface area contributed by atoms with Crippen LogP contribution in [-0.2, 0) is 14.3 Å². The summed E-state index contributed by atoms with van der Waals surface area (Å²) < 4.78 is 5.48. The molecule has 0 aromatic carbocycles. The molecule has 0 rings (SSSR count). The van der Waals surface area contributed by atoms with Crippen molar-refractivity contribution in [3.63, 3.8) is 0 Å². The predicted octanol–water partition coefficient (Wildman–Crippen LogP) is 24.4. The van der Waals surface area contributed by atoms with E-state index in [9.17, 15) is 19.8 Å². The largest absolute Gasteiger partial charge is 0.466 e. The second-order valence-corrected chi connectivity index (χ2v) is 25.6. The van der Waals surface area contributed by atoms with Gasteiger partial charge in [-0.1, -0.05) is 351 Å². The molecule has 83 heavy (non-hydrogen) atoms. The van der Waals surface area contributed by atoms with E-state index in [4.69, 9.17) is 4.74 Å². The highest BCUT2D eigenvalue weighted by Gasteiger charge is 2.18. The van der Waals surface area contributed by atoms with Crippen molar-refractivity contribution >= 4 is 11.9 Å². The van der Waals surface area contributed by atoms with Crippen molar-refractivity contribution in [1.82, 2.24) is 5.32 Å².